The summed E-state index contributed by atoms with van der Waals surface area (Å²) in [5, 5.41) is 0. The van der Waals surface area contributed by atoms with Gasteiger partial charge < -0.3 is 0 Å². The zero-order valence-electron chi connectivity index (χ0n) is 7.70. The predicted octanol–water partition coefficient (Wildman–Crippen LogP) is 3.78. The van der Waals surface area contributed by atoms with E-state index in [4.69, 9.17) is 34.8 Å². The van der Waals surface area contributed by atoms with Crippen molar-refractivity contribution in [1.29, 1.82) is 0 Å². The van der Waals surface area contributed by atoms with Gasteiger partial charge in [0.1, 0.15) is 0 Å². The topological polar surface area (TPSA) is 17.1 Å². The third kappa shape index (κ3) is 5.03. The van der Waals surface area contributed by atoms with E-state index in [0.717, 1.165) is 5.56 Å². The maximum absolute atomic E-state index is 11.3. The molecule has 15 heavy (non-hydrogen) atoms. The number of alkyl halides is 3. The molecule has 82 valence electrons. The number of hydrogen-bond acceptors (Lipinski definition) is 1. The molecule has 0 aliphatic carbocycles. The Hall–Kier alpha value is -0.0200. The fourth-order valence-corrected chi connectivity index (χ4v) is 1.96. The molecule has 0 fully saturated rings. The van der Waals surface area contributed by atoms with Crippen LogP contribution in [0.4, 0.5) is 0 Å². The van der Waals surface area contributed by atoms with Gasteiger partial charge in [-0.2, -0.15) is 0 Å². The Balaban J connectivity index is 2.51. The molecule has 1 aromatic rings. The molecule has 0 aromatic heterocycles. The van der Waals surface area contributed by atoms with Crippen molar-refractivity contribution in [2.24, 2.45) is 0 Å². The first-order valence-electron chi connectivity index (χ1n) is 4.17. The predicted molar refractivity (Wildman–Crippen MR) is 68.8 cm³/mol. The summed E-state index contributed by atoms with van der Waals surface area (Å²) >= 11 is 16.4. The summed E-state index contributed by atoms with van der Waals surface area (Å²) in [6.45, 7) is 0. The molecule has 1 atom stereocenters. The maximum Gasteiger partial charge on any atom is 0.266 e. The Labute approximate surface area is 106 Å². The second-order valence-electron chi connectivity index (χ2n) is 2.77. The van der Waals surface area contributed by atoms with Crippen molar-refractivity contribution in [3.8, 4) is 0 Å². The molecule has 0 spiro atoms. The quantitative estimate of drug-likeness (QED) is 0.772. The summed E-state index contributed by atoms with van der Waals surface area (Å²) in [5.74, 6) is 0.228. The second kappa shape index (κ2) is 5.90. The first-order chi connectivity index (χ1) is 7.00. The van der Waals surface area contributed by atoms with Gasteiger partial charge in [0.2, 0.25) is 0 Å². The average Bonchev–Trinajstić information content (AvgIpc) is 2.18. The summed E-state index contributed by atoms with van der Waals surface area (Å²) in [4.78, 5) is 0. The SMILES string of the molecule is O=S(C/C=C/c1ccccc1)C(Cl)(Cl)Cl. The highest BCUT2D eigenvalue weighted by Crippen LogP contribution is 2.30. The standard InChI is InChI=1S/C10H9Cl3OS/c11-10(12,13)15(14)8-4-7-9-5-2-1-3-6-9/h1-7H,8H2/b7-4+. The van der Waals surface area contributed by atoms with Crippen molar-refractivity contribution < 1.29 is 4.21 Å². The summed E-state index contributed by atoms with van der Waals surface area (Å²) in [5.41, 5.74) is 1.03. The molecule has 0 N–H and O–H groups in total. The number of rotatable bonds is 3. The van der Waals surface area contributed by atoms with Crippen molar-refractivity contribution >= 4 is 51.7 Å². The first-order valence-corrected chi connectivity index (χ1v) is 6.62. The molecule has 1 nitrogen and oxygen atoms in total. The fourth-order valence-electron chi connectivity index (χ4n) is 0.930. The Kier molecular flexibility index (Phi) is 5.13. The van der Waals surface area contributed by atoms with Crippen LogP contribution in [0.1, 0.15) is 5.56 Å². The molecule has 0 saturated heterocycles. The van der Waals surface area contributed by atoms with Crippen LogP contribution in [-0.2, 0) is 10.8 Å². The third-order valence-electron chi connectivity index (χ3n) is 1.62. The third-order valence-corrected chi connectivity index (χ3v) is 4.18. The second-order valence-corrected chi connectivity index (χ2v) is 7.36. The molecule has 0 bridgehead atoms. The minimum atomic E-state index is -1.71. The molecule has 5 heteroatoms. The van der Waals surface area contributed by atoms with E-state index in [1.807, 2.05) is 36.4 Å². The van der Waals surface area contributed by atoms with Crippen molar-refractivity contribution in [2.45, 2.75) is 3.12 Å². The largest absolute Gasteiger partial charge is 0.266 e. The van der Waals surface area contributed by atoms with Gasteiger partial charge in [0.05, 0.1) is 10.8 Å². The van der Waals surface area contributed by atoms with Gasteiger partial charge >= 0.3 is 0 Å². The van der Waals surface area contributed by atoms with Crippen LogP contribution in [0.5, 0.6) is 0 Å². The van der Waals surface area contributed by atoms with Gasteiger partial charge in [0, 0.05) is 5.75 Å². The highest BCUT2D eigenvalue weighted by Gasteiger charge is 2.27. The average molecular weight is 284 g/mol. The zero-order valence-corrected chi connectivity index (χ0v) is 10.8. The van der Waals surface area contributed by atoms with Gasteiger partial charge in [-0.15, -0.1) is 0 Å². The van der Waals surface area contributed by atoms with Crippen molar-refractivity contribution in [3.63, 3.8) is 0 Å². The van der Waals surface area contributed by atoms with Crippen LogP contribution in [0.3, 0.4) is 0 Å². The van der Waals surface area contributed by atoms with Gasteiger partial charge in [-0.3, -0.25) is 4.21 Å². The van der Waals surface area contributed by atoms with Crippen LogP contribution in [-0.4, -0.2) is 13.1 Å². The van der Waals surface area contributed by atoms with E-state index in [0.29, 0.717) is 0 Å². The van der Waals surface area contributed by atoms with Gasteiger partial charge in [-0.1, -0.05) is 77.3 Å². The van der Waals surface area contributed by atoms with Crippen LogP contribution in [0.15, 0.2) is 36.4 Å². The highest BCUT2D eigenvalue weighted by molar-refractivity contribution is 7.91. The van der Waals surface area contributed by atoms with Gasteiger partial charge in [-0.05, 0) is 5.56 Å². The molecule has 1 rings (SSSR count). The highest BCUT2D eigenvalue weighted by atomic mass is 35.6. The van der Waals surface area contributed by atoms with E-state index < -0.39 is 13.9 Å². The van der Waals surface area contributed by atoms with Crippen molar-refractivity contribution in [1.82, 2.24) is 0 Å². The minimum absolute atomic E-state index is 0.228. The van der Waals surface area contributed by atoms with Crippen LogP contribution in [0, 0.1) is 0 Å². The lowest BCUT2D eigenvalue weighted by atomic mass is 10.2. The fraction of sp³-hybridized carbons (Fsp3) is 0.200. The molecule has 0 radical (unpaired) electrons. The number of halogens is 3. The van der Waals surface area contributed by atoms with E-state index in [9.17, 15) is 4.21 Å². The molecule has 0 heterocycles. The molecule has 1 unspecified atom stereocenters. The molecule has 0 saturated carbocycles. The van der Waals surface area contributed by atoms with Gasteiger partial charge in [0.15, 0.2) is 0 Å². The first kappa shape index (κ1) is 13.0. The number of benzene rings is 1. The zero-order chi connectivity index (χ0) is 11.3. The van der Waals surface area contributed by atoms with Crippen molar-refractivity contribution in [3.05, 3.63) is 42.0 Å². The maximum atomic E-state index is 11.3. The molecule has 0 aliphatic heterocycles. The summed E-state index contributed by atoms with van der Waals surface area (Å²) in [6, 6.07) is 9.65. The molecular weight excluding hydrogens is 275 g/mol. The Morgan fingerprint density at radius 2 is 1.80 bits per heavy atom. The van der Waals surface area contributed by atoms with Crippen LogP contribution < -0.4 is 0 Å². The molecule has 0 aliphatic rings. The van der Waals surface area contributed by atoms with E-state index in [1.165, 1.54) is 0 Å². The lowest BCUT2D eigenvalue weighted by Gasteiger charge is -2.07. The minimum Gasteiger partial charge on any atom is -0.255 e. The monoisotopic (exact) mass is 282 g/mol. The normalized spacial score (nSPS) is 14.3. The summed E-state index contributed by atoms with van der Waals surface area (Å²) < 4.78 is 9.61. The summed E-state index contributed by atoms with van der Waals surface area (Å²) in [6.07, 6.45) is 3.57. The smallest absolute Gasteiger partial charge is 0.255 e. The molecule has 1 aromatic carbocycles. The van der Waals surface area contributed by atoms with E-state index in [1.54, 1.807) is 6.08 Å². The van der Waals surface area contributed by atoms with Gasteiger partial charge in [-0.25, -0.2) is 0 Å². The van der Waals surface area contributed by atoms with E-state index in [-0.39, 0.29) is 5.75 Å². The van der Waals surface area contributed by atoms with Crippen LogP contribution in [0.2, 0.25) is 0 Å². The Morgan fingerprint density at radius 1 is 1.20 bits per heavy atom. The Bertz CT molecular complexity index is 357. The Morgan fingerprint density at radius 3 is 2.33 bits per heavy atom. The lowest BCUT2D eigenvalue weighted by Crippen LogP contribution is -2.13. The van der Waals surface area contributed by atoms with Crippen LogP contribution >= 0.6 is 34.8 Å². The molecular formula is C10H9Cl3OS. The van der Waals surface area contributed by atoms with E-state index >= 15 is 0 Å². The van der Waals surface area contributed by atoms with Crippen molar-refractivity contribution in [2.75, 3.05) is 5.75 Å². The van der Waals surface area contributed by atoms with Crippen LogP contribution in [0.25, 0.3) is 6.08 Å². The summed E-state index contributed by atoms with van der Waals surface area (Å²) in [7, 11) is -1.50. The number of hydrogen-bond donors (Lipinski definition) is 0. The van der Waals surface area contributed by atoms with Gasteiger partial charge in [0.25, 0.3) is 3.12 Å². The lowest BCUT2D eigenvalue weighted by molar-refractivity contribution is 0.685. The molecule has 0 amide bonds. The van der Waals surface area contributed by atoms with E-state index in [2.05, 4.69) is 0 Å².